The fraction of sp³-hybridized carbons (Fsp3) is 0.750. The van der Waals surface area contributed by atoms with E-state index in [1.807, 2.05) is 6.92 Å². The summed E-state index contributed by atoms with van der Waals surface area (Å²) in [5.41, 5.74) is 0.439. The van der Waals surface area contributed by atoms with Crippen LogP contribution in [0.25, 0.3) is 0 Å². The van der Waals surface area contributed by atoms with Gasteiger partial charge in [-0.05, 0) is 19.8 Å². The number of ether oxygens (including phenoxy) is 1. The van der Waals surface area contributed by atoms with Gasteiger partial charge in [0.25, 0.3) is 0 Å². The number of hydrogen-bond donors (Lipinski definition) is 0. The molecule has 0 aromatic carbocycles. The molecule has 0 saturated heterocycles. The summed E-state index contributed by atoms with van der Waals surface area (Å²) in [5, 5.41) is 0. The summed E-state index contributed by atoms with van der Waals surface area (Å²) < 4.78 is 5.45. The molecule has 1 fully saturated rings. The van der Waals surface area contributed by atoms with E-state index in [9.17, 15) is 4.79 Å². The topological polar surface area (TPSA) is 26.3 Å². The summed E-state index contributed by atoms with van der Waals surface area (Å²) in [7, 11) is 1.65. The van der Waals surface area contributed by atoms with Crippen LogP contribution in [0, 0.1) is 0 Å². The highest BCUT2D eigenvalue weighted by molar-refractivity contribution is 5.89. The average Bonchev–Trinajstić information content (AvgIpc) is 2.18. The minimum absolute atomic E-state index is 0.215. The van der Waals surface area contributed by atoms with Crippen molar-refractivity contribution in [3.05, 3.63) is 12.2 Å². The third kappa shape index (κ3) is 2.44. The van der Waals surface area contributed by atoms with Gasteiger partial charge in [-0.15, -0.1) is 0 Å². The van der Waals surface area contributed by atoms with E-state index in [0.717, 1.165) is 31.3 Å². The molecule has 80 valence electrons. The molecule has 0 bridgehead atoms. The summed E-state index contributed by atoms with van der Waals surface area (Å²) in [6.45, 7) is 5.67. The lowest BCUT2D eigenvalue weighted by Gasteiger charge is -2.34. The lowest BCUT2D eigenvalue weighted by atomic mass is 9.80. The number of allylic oxidation sites excluding steroid dienone is 1. The van der Waals surface area contributed by atoms with E-state index in [1.165, 1.54) is 6.42 Å². The molecule has 0 spiro atoms. The smallest absolute Gasteiger partial charge is 0.168 e. The second kappa shape index (κ2) is 4.74. The number of rotatable bonds is 4. The highest BCUT2D eigenvalue weighted by Crippen LogP contribution is 2.33. The molecule has 0 heterocycles. The van der Waals surface area contributed by atoms with E-state index >= 15 is 0 Å². The van der Waals surface area contributed by atoms with Crippen molar-refractivity contribution >= 4 is 5.78 Å². The van der Waals surface area contributed by atoms with Gasteiger partial charge in [0.05, 0.1) is 0 Å². The van der Waals surface area contributed by atoms with E-state index in [2.05, 4.69) is 6.58 Å². The van der Waals surface area contributed by atoms with Crippen molar-refractivity contribution in [1.82, 2.24) is 0 Å². The Morgan fingerprint density at radius 1 is 1.36 bits per heavy atom. The van der Waals surface area contributed by atoms with Gasteiger partial charge in [-0.1, -0.05) is 31.4 Å². The predicted octanol–water partition coefficient (Wildman–Crippen LogP) is 2.87. The normalized spacial score (nSPS) is 20.4. The maximum absolute atomic E-state index is 12.0. The second-order valence-corrected chi connectivity index (χ2v) is 4.32. The van der Waals surface area contributed by atoms with Crippen LogP contribution in [0.5, 0.6) is 0 Å². The lowest BCUT2D eigenvalue weighted by molar-refractivity contribution is -0.144. The van der Waals surface area contributed by atoms with Crippen LogP contribution in [-0.2, 0) is 9.53 Å². The van der Waals surface area contributed by atoms with Gasteiger partial charge in [0.15, 0.2) is 5.78 Å². The molecule has 0 atom stereocenters. The van der Waals surface area contributed by atoms with Gasteiger partial charge in [-0.3, -0.25) is 4.79 Å². The highest BCUT2D eigenvalue weighted by Gasteiger charge is 2.38. The summed E-state index contributed by atoms with van der Waals surface area (Å²) in [6, 6.07) is 0. The number of methoxy groups -OCH3 is 1. The summed E-state index contributed by atoms with van der Waals surface area (Å²) in [4.78, 5) is 12.0. The standard InChI is InChI=1S/C12H20O2/c1-10(2)9-11(13)12(14-3)7-5-4-6-8-12/h1,4-9H2,2-3H3. The van der Waals surface area contributed by atoms with Crippen molar-refractivity contribution in [3.8, 4) is 0 Å². The molecule has 1 saturated carbocycles. The molecule has 2 heteroatoms. The molecule has 0 radical (unpaired) electrons. The first kappa shape index (κ1) is 11.4. The van der Waals surface area contributed by atoms with Crippen LogP contribution in [0.15, 0.2) is 12.2 Å². The maximum Gasteiger partial charge on any atom is 0.168 e. The average molecular weight is 196 g/mol. The van der Waals surface area contributed by atoms with Crippen LogP contribution in [0.4, 0.5) is 0 Å². The van der Waals surface area contributed by atoms with E-state index < -0.39 is 5.60 Å². The zero-order chi connectivity index (χ0) is 10.6. The fourth-order valence-electron chi connectivity index (χ4n) is 2.15. The van der Waals surface area contributed by atoms with Crippen molar-refractivity contribution in [2.75, 3.05) is 7.11 Å². The van der Waals surface area contributed by atoms with Crippen LogP contribution in [0.1, 0.15) is 45.4 Å². The van der Waals surface area contributed by atoms with Crippen LogP contribution < -0.4 is 0 Å². The molecular weight excluding hydrogens is 176 g/mol. The van der Waals surface area contributed by atoms with Gasteiger partial charge in [0.2, 0.25) is 0 Å². The lowest BCUT2D eigenvalue weighted by Crippen LogP contribution is -2.42. The molecule has 0 aromatic rings. The van der Waals surface area contributed by atoms with Crippen molar-refractivity contribution in [1.29, 1.82) is 0 Å². The van der Waals surface area contributed by atoms with Crippen LogP contribution >= 0.6 is 0 Å². The van der Waals surface area contributed by atoms with Crippen LogP contribution in [0.2, 0.25) is 0 Å². The molecule has 0 aliphatic heterocycles. The number of ketones is 1. The Hall–Kier alpha value is -0.630. The summed E-state index contributed by atoms with van der Waals surface area (Å²) >= 11 is 0. The number of carbonyl (C=O) groups is 1. The SMILES string of the molecule is C=C(C)CC(=O)C1(OC)CCCCC1. The zero-order valence-corrected chi connectivity index (χ0v) is 9.27. The van der Waals surface area contributed by atoms with Crippen LogP contribution in [0.3, 0.4) is 0 Å². The molecular formula is C12H20O2. The maximum atomic E-state index is 12.0. The Bertz CT molecular complexity index is 224. The van der Waals surface area contributed by atoms with Gasteiger partial charge < -0.3 is 4.74 Å². The molecule has 14 heavy (non-hydrogen) atoms. The molecule has 0 amide bonds. The van der Waals surface area contributed by atoms with Gasteiger partial charge in [-0.25, -0.2) is 0 Å². The molecule has 0 N–H and O–H groups in total. The van der Waals surface area contributed by atoms with E-state index in [-0.39, 0.29) is 5.78 Å². The third-order valence-corrected chi connectivity index (χ3v) is 3.02. The molecule has 2 nitrogen and oxygen atoms in total. The minimum Gasteiger partial charge on any atom is -0.370 e. The Balaban J connectivity index is 2.67. The monoisotopic (exact) mass is 196 g/mol. The number of hydrogen-bond acceptors (Lipinski definition) is 2. The first-order valence-electron chi connectivity index (χ1n) is 5.33. The third-order valence-electron chi connectivity index (χ3n) is 3.02. The Morgan fingerprint density at radius 2 is 1.93 bits per heavy atom. The Labute approximate surface area is 86.3 Å². The molecule has 1 rings (SSSR count). The van der Waals surface area contributed by atoms with Crippen LogP contribution in [-0.4, -0.2) is 18.5 Å². The van der Waals surface area contributed by atoms with Crippen molar-refractivity contribution in [3.63, 3.8) is 0 Å². The molecule has 0 aromatic heterocycles. The quantitative estimate of drug-likeness (QED) is 0.646. The molecule has 0 unspecified atom stereocenters. The Kier molecular flexibility index (Phi) is 3.87. The number of carbonyl (C=O) groups excluding carboxylic acids is 1. The van der Waals surface area contributed by atoms with Crippen molar-refractivity contribution in [2.45, 2.75) is 51.0 Å². The van der Waals surface area contributed by atoms with E-state index in [4.69, 9.17) is 4.74 Å². The summed E-state index contributed by atoms with van der Waals surface area (Å²) in [6.07, 6.45) is 5.68. The first-order valence-corrected chi connectivity index (χ1v) is 5.33. The van der Waals surface area contributed by atoms with Gasteiger partial charge in [-0.2, -0.15) is 0 Å². The largest absolute Gasteiger partial charge is 0.370 e. The summed E-state index contributed by atoms with van der Waals surface area (Å²) in [5.74, 6) is 0.215. The Morgan fingerprint density at radius 3 is 2.36 bits per heavy atom. The van der Waals surface area contributed by atoms with Gasteiger partial charge in [0, 0.05) is 13.5 Å². The van der Waals surface area contributed by atoms with Crippen molar-refractivity contribution in [2.24, 2.45) is 0 Å². The van der Waals surface area contributed by atoms with Gasteiger partial charge >= 0.3 is 0 Å². The van der Waals surface area contributed by atoms with Crippen molar-refractivity contribution < 1.29 is 9.53 Å². The highest BCUT2D eigenvalue weighted by atomic mass is 16.5. The molecule has 1 aliphatic rings. The van der Waals surface area contributed by atoms with Gasteiger partial charge in [0.1, 0.15) is 5.60 Å². The fourth-order valence-corrected chi connectivity index (χ4v) is 2.15. The first-order chi connectivity index (χ1) is 6.60. The minimum atomic E-state index is -0.489. The second-order valence-electron chi connectivity index (χ2n) is 4.32. The zero-order valence-electron chi connectivity index (χ0n) is 9.27. The molecule has 1 aliphatic carbocycles. The van der Waals surface area contributed by atoms with E-state index in [1.54, 1.807) is 7.11 Å². The predicted molar refractivity (Wildman–Crippen MR) is 57.3 cm³/mol. The van der Waals surface area contributed by atoms with E-state index in [0.29, 0.717) is 6.42 Å². The number of Topliss-reactive ketones (excluding diaryl/α,β-unsaturated/α-hetero) is 1.